The maximum Gasteiger partial charge on any atom is 0.321 e. The Morgan fingerprint density at radius 3 is 2.42 bits per heavy atom. The van der Waals surface area contributed by atoms with E-state index in [4.69, 9.17) is 0 Å². The molecule has 3 N–H and O–H groups in total. The molecule has 2 aromatic rings. The molecule has 0 saturated heterocycles. The van der Waals surface area contributed by atoms with Crippen molar-refractivity contribution in [1.82, 2.24) is 20.4 Å². The van der Waals surface area contributed by atoms with Crippen LogP contribution in [0.2, 0.25) is 0 Å². The molecule has 128 valence electrons. The Hall–Kier alpha value is -2.83. The molecule has 7 heteroatoms. The van der Waals surface area contributed by atoms with Gasteiger partial charge in [0.25, 0.3) is 0 Å². The summed E-state index contributed by atoms with van der Waals surface area (Å²) in [6, 6.07) is 10.1. The van der Waals surface area contributed by atoms with E-state index in [-0.39, 0.29) is 11.4 Å². The van der Waals surface area contributed by atoms with E-state index in [0.29, 0.717) is 5.82 Å². The van der Waals surface area contributed by atoms with E-state index in [1.54, 1.807) is 23.9 Å². The Morgan fingerprint density at radius 1 is 1.12 bits per heavy atom. The summed E-state index contributed by atoms with van der Waals surface area (Å²) in [6.45, 7) is 7.28. The molecule has 0 bridgehead atoms. The third kappa shape index (κ3) is 5.12. The van der Waals surface area contributed by atoms with Crippen LogP contribution in [0.4, 0.5) is 10.6 Å². The Morgan fingerprint density at radius 2 is 1.79 bits per heavy atom. The molecule has 7 nitrogen and oxygen atoms in total. The van der Waals surface area contributed by atoms with Gasteiger partial charge in [0.1, 0.15) is 6.04 Å². The smallest absolute Gasteiger partial charge is 0.321 e. The Bertz CT molecular complexity index is 703. The Balaban J connectivity index is 1.91. The highest BCUT2D eigenvalue weighted by Crippen LogP contribution is 2.09. The van der Waals surface area contributed by atoms with Gasteiger partial charge in [0.2, 0.25) is 5.91 Å². The monoisotopic (exact) mass is 329 g/mol. The third-order valence-corrected chi connectivity index (χ3v) is 3.09. The zero-order valence-electron chi connectivity index (χ0n) is 14.3. The zero-order valence-corrected chi connectivity index (χ0v) is 14.3. The first-order valence-electron chi connectivity index (χ1n) is 7.75. The number of benzene rings is 1. The van der Waals surface area contributed by atoms with Crippen LogP contribution in [0.15, 0.2) is 42.6 Å². The second-order valence-electron chi connectivity index (χ2n) is 6.54. The van der Waals surface area contributed by atoms with Crippen molar-refractivity contribution in [3.05, 3.63) is 42.6 Å². The molecule has 1 heterocycles. The molecule has 2 rings (SSSR count). The number of nitrogens with one attached hydrogen (secondary N) is 3. The molecule has 0 spiro atoms. The number of carbonyl (C=O) groups is 2. The SMILES string of the molecule is C[C@H](NC(=O)Nc1ccn(-c2ccccc2)n1)C(=O)NC(C)(C)C. The fourth-order valence-corrected chi connectivity index (χ4v) is 2.01. The first-order chi connectivity index (χ1) is 11.2. The van der Waals surface area contributed by atoms with Crippen molar-refractivity contribution in [1.29, 1.82) is 0 Å². The molecule has 0 fully saturated rings. The number of nitrogens with zero attached hydrogens (tertiary/aromatic N) is 2. The molecule has 24 heavy (non-hydrogen) atoms. The lowest BCUT2D eigenvalue weighted by atomic mass is 10.1. The van der Waals surface area contributed by atoms with Crippen LogP contribution >= 0.6 is 0 Å². The Labute approximate surface area is 141 Å². The van der Waals surface area contributed by atoms with Crippen LogP contribution in [0.5, 0.6) is 0 Å². The molecule has 3 amide bonds. The molecule has 0 unspecified atom stereocenters. The van der Waals surface area contributed by atoms with E-state index in [1.165, 1.54) is 0 Å². The fraction of sp³-hybridized carbons (Fsp3) is 0.353. The molecule has 0 aliphatic heterocycles. The quantitative estimate of drug-likeness (QED) is 0.804. The second-order valence-corrected chi connectivity index (χ2v) is 6.54. The highest BCUT2D eigenvalue weighted by atomic mass is 16.2. The minimum absolute atomic E-state index is 0.243. The van der Waals surface area contributed by atoms with Crippen LogP contribution in [-0.4, -0.2) is 33.3 Å². The van der Waals surface area contributed by atoms with Crippen LogP contribution < -0.4 is 16.0 Å². The summed E-state index contributed by atoms with van der Waals surface area (Å²) in [7, 11) is 0. The highest BCUT2D eigenvalue weighted by molar-refractivity contribution is 5.93. The summed E-state index contributed by atoms with van der Waals surface area (Å²) in [5.41, 5.74) is 0.543. The predicted octanol–water partition coefficient (Wildman–Crippen LogP) is 2.30. The highest BCUT2D eigenvalue weighted by Gasteiger charge is 2.20. The Kier molecular flexibility index (Phi) is 5.23. The van der Waals surface area contributed by atoms with Crippen LogP contribution in [0, 0.1) is 0 Å². The van der Waals surface area contributed by atoms with Crippen molar-refractivity contribution >= 4 is 17.8 Å². The lowest BCUT2D eigenvalue weighted by Gasteiger charge is -2.23. The molecular weight excluding hydrogens is 306 g/mol. The van der Waals surface area contributed by atoms with Gasteiger partial charge in [-0.2, -0.15) is 0 Å². The average Bonchev–Trinajstić information content (AvgIpc) is 2.94. The van der Waals surface area contributed by atoms with Crippen LogP contribution in [0.3, 0.4) is 0 Å². The van der Waals surface area contributed by atoms with E-state index in [2.05, 4.69) is 21.0 Å². The molecule has 0 saturated carbocycles. The lowest BCUT2D eigenvalue weighted by Crippen LogP contribution is -2.51. The molecule has 0 radical (unpaired) electrons. The minimum Gasteiger partial charge on any atom is -0.350 e. The van der Waals surface area contributed by atoms with Crippen LogP contribution in [0.1, 0.15) is 27.7 Å². The molecule has 0 aliphatic carbocycles. The molecule has 1 aromatic heterocycles. The van der Waals surface area contributed by atoms with Crippen molar-refractivity contribution in [3.63, 3.8) is 0 Å². The third-order valence-electron chi connectivity index (χ3n) is 3.09. The summed E-state index contributed by atoms with van der Waals surface area (Å²) in [5.74, 6) is 0.159. The van der Waals surface area contributed by atoms with Gasteiger partial charge in [-0.3, -0.25) is 10.1 Å². The standard InChI is InChI=1S/C17H23N5O2/c1-12(15(23)20-17(2,3)4)18-16(24)19-14-10-11-22(21-14)13-8-6-5-7-9-13/h5-12H,1-4H3,(H,20,23)(H2,18,19,21,24)/t12-/m0/s1. The first-order valence-corrected chi connectivity index (χ1v) is 7.75. The second kappa shape index (κ2) is 7.16. The van der Waals surface area contributed by atoms with Gasteiger partial charge in [0.05, 0.1) is 5.69 Å². The van der Waals surface area contributed by atoms with Crippen LogP contribution in [0.25, 0.3) is 5.69 Å². The number of para-hydroxylation sites is 1. The van der Waals surface area contributed by atoms with E-state index in [1.807, 2.05) is 51.1 Å². The van der Waals surface area contributed by atoms with Crippen molar-refractivity contribution < 1.29 is 9.59 Å². The summed E-state index contributed by atoms with van der Waals surface area (Å²) in [5, 5.41) is 12.3. The number of carbonyl (C=O) groups excluding carboxylic acids is 2. The van der Waals surface area contributed by atoms with Gasteiger partial charge in [0.15, 0.2) is 5.82 Å². The normalized spacial score (nSPS) is 12.3. The maximum atomic E-state index is 12.0. The number of urea groups is 1. The molecule has 0 aliphatic rings. The maximum absolute atomic E-state index is 12.0. The van der Waals surface area contributed by atoms with E-state index in [9.17, 15) is 9.59 Å². The predicted molar refractivity (Wildman–Crippen MR) is 93.1 cm³/mol. The summed E-state index contributed by atoms with van der Waals surface area (Å²) in [6.07, 6.45) is 1.75. The topological polar surface area (TPSA) is 88.1 Å². The van der Waals surface area contributed by atoms with E-state index >= 15 is 0 Å². The number of rotatable bonds is 4. The van der Waals surface area contributed by atoms with Gasteiger partial charge in [-0.15, -0.1) is 5.10 Å². The summed E-state index contributed by atoms with van der Waals surface area (Å²) < 4.78 is 1.66. The van der Waals surface area contributed by atoms with Crippen molar-refractivity contribution in [2.24, 2.45) is 0 Å². The van der Waals surface area contributed by atoms with Crippen LogP contribution in [-0.2, 0) is 4.79 Å². The van der Waals surface area contributed by atoms with Gasteiger partial charge in [0, 0.05) is 17.8 Å². The van der Waals surface area contributed by atoms with Gasteiger partial charge in [-0.25, -0.2) is 9.48 Å². The van der Waals surface area contributed by atoms with Gasteiger partial charge in [-0.1, -0.05) is 18.2 Å². The number of hydrogen-bond acceptors (Lipinski definition) is 3. The zero-order chi connectivity index (χ0) is 17.7. The minimum atomic E-state index is -0.652. The van der Waals surface area contributed by atoms with E-state index in [0.717, 1.165) is 5.69 Å². The van der Waals surface area contributed by atoms with Gasteiger partial charge >= 0.3 is 6.03 Å². The average molecular weight is 329 g/mol. The summed E-state index contributed by atoms with van der Waals surface area (Å²) in [4.78, 5) is 23.9. The number of aromatic nitrogens is 2. The lowest BCUT2D eigenvalue weighted by molar-refractivity contribution is -0.123. The van der Waals surface area contributed by atoms with Gasteiger partial charge < -0.3 is 10.6 Å². The van der Waals surface area contributed by atoms with Crippen molar-refractivity contribution in [2.45, 2.75) is 39.3 Å². The summed E-state index contributed by atoms with van der Waals surface area (Å²) >= 11 is 0. The molecule has 1 aromatic carbocycles. The largest absolute Gasteiger partial charge is 0.350 e. The number of amides is 3. The fourth-order valence-electron chi connectivity index (χ4n) is 2.01. The van der Waals surface area contributed by atoms with Crippen molar-refractivity contribution in [3.8, 4) is 5.69 Å². The van der Waals surface area contributed by atoms with E-state index < -0.39 is 12.1 Å². The number of anilines is 1. The number of hydrogen-bond donors (Lipinski definition) is 3. The first kappa shape index (κ1) is 17.5. The molecular formula is C17H23N5O2. The van der Waals surface area contributed by atoms with Crippen molar-refractivity contribution in [2.75, 3.05) is 5.32 Å². The van der Waals surface area contributed by atoms with Gasteiger partial charge in [-0.05, 0) is 39.8 Å². The molecule has 1 atom stereocenters.